The van der Waals surface area contributed by atoms with Gasteiger partial charge in [-0.15, -0.1) is 0 Å². The third-order valence-corrected chi connectivity index (χ3v) is 5.78. The maximum absolute atomic E-state index is 11.2. The van der Waals surface area contributed by atoms with Crippen molar-refractivity contribution in [3.63, 3.8) is 0 Å². The molecule has 2 saturated carbocycles. The average molecular weight is 280 g/mol. The minimum Gasteiger partial charge on any atom is -0.390 e. The van der Waals surface area contributed by atoms with E-state index in [4.69, 9.17) is 0 Å². The van der Waals surface area contributed by atoms with Crippen LogP contribution in [0.5, 0.6) is 0 Å². The summed E-state index contributed by atoms with van der Waals surface area (Å²) in [6, 6.07) is 0. The summed E-state index contributed by atoms with van der Waals surface area (Å²) in [7, 11) is 0. The Hall–Kier alpha value is -0.0400. The molecule has 0 aromatic carbocycles. The second-order valence-corrected chi connectivity index (χ2v) is 7.74. The molecular formula is C19H36O. The van der Waals surface area contributed by atoms with E-state index in [1.165, 1.54) is 77.0 Å². The van der Waals surface area contributed by atoms with E-state index < -0.39 is 0 Å². The lowest BCUT2D eigenvalue weighted by Gasteiger charge is -2.37. The average Bonchev–Trinajstić information content (AvgIpc) is 2.47. The molecule has 0 aromatic rings. The zero-order valence-corrected chi connectivity index (χ0v) is 13.7. The Morgan fingerprint density at radius 3 is 1.65 bits per heavy atom. The van der Waals surface area contributed by atoms with Crippen molar-refractivity contribution < 1.29 is 5.11 Å². The van der Waals surface area contributed by atoms with Gasteiger partial charge in [0.25, 0.3) is 0 Å². The van der Waals surface area contributed by atoms with Crippen LogP contribution in [0.25, 0.3) is 0 Å². The molecule has 2 rings (SSSR count). The van der Waals surface area contributed by atoms with E-state index >= 15 is 0 Å². The van der Waals surface area contributed by atoms with Crippen LogP contribution < -0.4 is 0 Å². The molecule has 0 heterocycles. The van der Waals surface area contributed by atoms with E-state index in [0.29, 0.717) is 0 Å². The molecule has 0 aromatic heterocycles. The van der Waals surface area contributed by atoms with Gasteiger partial charge in [0.2, 0.25) is 0 Å². The molecule has 20 heavy (non-hydrogen) atoms. The fourth-order valence-corrected chi connectivity index (χ4v) is 4.65. The first kappa shape index (κ1) is 16.3. The molecule has 0 bridgehead atoms. The van der Waals surface area contributed by atoms with Gasteiger partial charge in [0.1, 0.15) is 0 Å². The zero-order chi connectivity index (χ0) is 14.3. The molecule has 0 saturated heterocycles. The third-order valence-electron chi connectivity index (χ3n) is 5.78. The summed E-state index contributed by atoms with van der Waals surface area (Å²) in [6.45, 7) is 2.25. The van der Waals surface area contributed by atoms with Gasteiger partial charge >= 0.3 is 0 Å². The summed E-state index contributed by atoms with van der Waals surface area (Å²) >= 11 is 0. The molecule has 118 valence electrons. The molecule has 0 atom stereocenters. The molecule has 0 spiro atoms. The highest BCUT2D eigenvalue weighted by Gasteiger charge is 2.33. The highest BCUT2D eigenvalue weighted by Crippen LogP contribution is 2.39. The van der Waals surface area contributed by atoms with Crippen LogP contribution in [0.15, 0.2) is 0 Å². The second kappa shape index (κ2) is 8.41. The molecule has 2 fully saturated rings. The van der Waals surface area contributed by atoms with Gasteiger partial charge < -0.3 is 5.11 Å². The first-order valence-electron chi connectivity index (χ1n) is 9.44. The summed E-state index contributed by atoms with van der Waals surface area (Å²) < 4.78 is 0. The van der Waals surface area contributed by atoms with Crippen molar-refractivity contribution >= 4 is 0 Å². The van der Waals surface area contributed by atoms with Crippen LogP contribution in [-0.2, 0) is 0 Å². The zero-order valence-electron chi connectivity index (χ0n) is 13.7. The predicted octanol–water partition coefficient (Wildman–Crippen LogP) is 5.85. The van der Waals surface area contributed by atoms with E-state index in [9.17, 15) is 5.11 Å². The third kappa shape index (κ3) is 5.39. The minimum atomic E-state index is -0.333. The van der Waals surface area contributed by atoms with Crippen molar-refractivity contribution in [2.45, 2.75) is 109 Å². The Labute approximate surface area is 126 Å². The highest BCUT2D eigenvalue weighted by molar-refractivity contribution is 4.86. The Kier molecular flexibility index (Phi) is 6.87. The molecule has 0 aliphatic heterocycles. The van der Waals surface area contributed by atoms with Crippen LogP contribution in [0.2, 0.25) is 0 Å². The molecule has 0 unspecified atom stereocenters. The van der Waals surface area contributed by atoms with Crippen LogP contribution in [0.1, 0.15) is 103 Å². The number of hydrogen-bond acceptors (Lipinski definition) is 1. The van der Waals surface area contributed by atoms with Crippen molar-refractivity contribution in [2.24, 2.45) is 11.8 Å². The van der Waals surface area contributed by atoms with Crippen LogP contribution >= 0.6 is 0 Å². The van der Waals surface area contributed by atoms with Crippen LogP contribution in [0.3, 0.4) is 0 Å². The summed E-state index contributed by atoms with van der Waals surface area (Å²) in [4.78, 5) is 0. The standard InChI is InChI=1S/C19H36O/c1-2-3-14-19(20,15-17-10-6-4-7-11-17)16-18-12-8-5-9-13-18/h17-18,20H,2-16H2,1H3. The second-order valence-electron chi connectivity index (χ2n) is 7.74. The molecule has 0 amide bonds. The Bertz CT molecular complexity index is 228. The van der Waals surface area contributed by atoms with Crippen molar-refractivity contribution in [2.75, 3.05) is 0 Å². The lowest BCUT2D eigenvalue weighted by molar-refractivity contribution is -0.0247. The molecule has 0 radical (unpaired) electrons. The van der Waals surface area contributed by atoms with Crippen molar-refractivity contribution in [3.05, 3.63) is 0 Å². The fourth-order valence-electron chi connectivity index (χ4n) is 4.65. The smallest absolute Gasteiger partial charge is 0.0653 e. The fraction of sp³-hybridized carbons (Fsp3) is 1.00. The van der Waals surface area contributed by atoms with Crippen molar-refractivity contribution in [1.82, 2.24) is 0 Å². The van der Waals surface area contributed by atoms with Crippen LogP contribution in [0.4, 0.5) is 0 Å². The first-order valence-corrected chi connectivity index (χ1v) is 9.44. The Morgan fingerprint density at radius 2 is 1.25 bits per heavy atom. The first-order chi connectivity index (χ1) is 9.72. The van der Waals surface area contributed by atoms with Gasteiger partial charge in [-0.2, -0.15) is 0 Å². The van der Waals surface area contributed by atoms with E-state index in [1.54, 1.807) is 0 Å². The molecule has 1 N–H and O–H groups in total. The van der Waals surface area contributed by atoms with Gasteiger partial charge in [0, 0.05) is 0 Å². The quantitative estimate of drug-likeness (QED) is 0.620. The maximum Gasteiger partial charge on any atom is 0.0653 e. The summed E-state index contributed by atoms with van der Waals surface area (Å²) in [5.41, 5.74) is -0.333. The van der Waals surface area contributed by atoms with Gasteiger partial charge in [0.15, 0.2) is 0 Å². The summed E-state index contributed by atoms with van der Waals surface area (Å²) in [5.74, 6) is 1.63. The topological polar surface area (TPSA) is 20.2 Å². The monoisotopic (exact) mass is 280 g/mol. The van der Waals surface area contributed by atoms with Gasteiger partial charge in [-0.05, 0) is 31.1 Å². The normalized spacial score (nSPS) is 23.1. The number of hydrogen-bond donors (Lipinski definition) is 1. The minimum absolute atomic E-state index is 0.333. The SMILES string of the molecule is CCCCC(O)(CC1CCCCC1)CC1CCCCC1. The highest BCUT2D eigenvalue weighted by atomic mass is 16.3. The van der Waals surface area contributed by atoms with Gasteiger partial charge in [-0.3, -0.25) is 0 Å². The summed E-state index contributed by atoms with van der Waals surface area (Å²) in [6.07, 6.45) is 19.6. The molecule has 2 aliphatic carbocycles. The lowest BCUT2D eigenvalue weighted by Crippen LogP contribution is -2.35. The van der Waals surface area contributed by atoms with E-state index in [1.807, 2.05) is 0 Å². The molecule has 1 heteroatoms. The summed E-state index contributed by atoms with van der Waals surface area (Å²) in [5, 5.41) is 11.2. The van der Waals surface area contributed by atoms with E-state index in [-0.39, 0.29) is 5.60 Å². The van der Waals surface area contributed by atoms with Crippen molar-refractivity contribution in [1.29, 1.82) is 0 Å². The Morgan fingerprint density at radius 1 is 0.800 bits per heavy atom. The van der Waals surface area contributed by atoms with E-state index in [2.05, 4.69) is 6.92 Å². The van der Waals surface area contributed by atoms with Gasteiger partial charge in [-0.1, -0.05) is 84.0 Å². The molecule has 1 nitrogen and oxygen atoms in total. The largest absolute Gasteiger partial charge is 0.390 e. The number of aliphatic hydroxyl groups is 1. The number of rotatable bonds is 7. The number of unbranched alkanes of at least 4 members (excludes halogenated alkanes) is 1. The molecule has 2 aliphatic rings. The lowest BCUT2D eigenvalue weighted by atomic mass is 9.73. The Balaban J connectivity index is 1.88. The van der Waals surface area contributed by atoms with Crippen LogP contribution in [0, 0.1) is 11.8 Å². The maximum atomic E-state index is 11.2. The van der Waals surface area contributed by atoms with Crippen LogP contribution in [-0.4, -0.2) is 10.7 Å². The van der Waals surface area contributed by atoms with E-state index in [0.717, 1.165) is 31.1 Å². The van der Waals surface area contributed by atoms with Gasteiger partial charge in [-0.25, -0.2) is 0 Å². The molecular weight excluding hydrogens is 244 g/mol. The van der Waals surface area contributed by atoms with Gasteiger partial charge in [0.05, 0.1) is 5.60 Å². The van der Waals surface area contributed by atoms with Crippen molar-refractivity contribution in [3.8, 4) is 0 Å². The predicted molar refractivity (Wildman–Crippen MR) is 86.9 cm³/mol.